The molecule has 0 spiro atoms. The molecule has 3 nitrogen and oxygen atoms in total. The zero-order valence-electron chi connectivity index (χ0n) is 12.1. The van der Waals surface area contributed by atoms with Gasteiger partial charge in [-0.2, -0.15) is 0 Å². The zero-order chi connectivity index (χ0) is 12.6. The summed E-state index contributed by atoms with van der Waals surface area (Å²) in [5.41, 5.74) is 0. The van der Waals surface area contributed by atoms with Gasteiger partial charge >= 0.3 is 0 Å². The third kappa shape index (κ3) is 6.46. The fourth-order valence-corrected chi connectivity index (χ4v) is 2.17. The Morgan fingerprint density at radius 3 is 2.06 bits per heavy atom. The lowest BCUT2D eigenvalue weighted by molar-refractivity contribution is 0.164. The van der Waals surface area contributed by atoms with E-state index in [1.165, 1.54) is 6.42 Å². The monoisotopic (exact) mass is 229 g/mol. The van der Waals surface area contributed by atoms with Crippen molar-refractivity contribution in [2.75, 3.05) is 40.3 Å². The van der Waals surface area contributed by atoms with Gasteiger partial charge in [-0.3, -0.25) is 4.90 Å². The van der Waals surface area contributed by atoms with Crippen molar-refractivity contribution in [1.82, 2.24) is 15.1 Å². The third-order valence-corrected chi connectivity index (χ3v) is 3.10. The summed E-state index contributed by atoms with van der Waals surface area (Å²) in [6.07, 6.45) is 1.21. The zero-order valence-corrected chi connectivity index (χ0v) is 12.1. The molecule has 2 unspecified atom stereocenters. The first-order chi connectivity index (χ1) is 7.54. The molecule has 16 heavy (non-hydrogen) atoms. The van der Waals surface area contributed by atoms with Gasteiger partial charge < -0.3 is 10.2 Å². The summed E-state index contributed by atoms with van der Waals surface area (Å²) < 4.78 is 0. The van der Waals surface area contributed by atoms with Crippen molar-refractivity contribution in [3.05, 3.63) is 0 Å². The van der Waals surface area contributed by atoms with Gasteiger partial charge in [-0.25, -0.2) is 0 Å². The highest BCUT2D eigenvalue weighted by atomic mass is 15.2. The second kappa shape index (κ2) is 8.97. The minimum Gasteiger partial charge on any atom is -0.313 e. The topological polar surface area (TPSA) is 18.5 Å². The van der Waals surface area contributed by atoms with Gasteiger partial charge in [0.1, 0.15) is 0 Å². The van der Waals surface area contributed by atoms with Crippen molar-refractivity contribution < 1.29 is 0 Å². The molecular weight excluding hydrogens is 198 g/mol. The lowest BCUT2D eigenvalue weighted by Gasteiger charge is -2.33. The lowest BCUT2D eigenvalue weighted by Crippen LogP contribution is -2.47. The molecule has 98 valence electrons. The third-order valence-electron chi connectivity index (χ3n) is 3.10. The summed E-state index contributed by atoms with van der Waals surface area (Å²) in [7, 11) is 4.29. The van der Waals surface area contributed by atoms with Crippen LogP contribution in [0.2, 0.25) is 0 Å². The predicted molar refractivity (Wildman–Crippen MR) is 73.0 cm³/mol. The molecule has 0 aromatic heterocycles. The summed E-state index contributed by atoms with van der Waals surface area (Å²) in [5.74, 6) is 0. The van der Waals surface area contributed by atoms with Crippen LogP contribution >= 0.6 is 0 Å². The lowest BCUT2D eigenvalue weighted by atomic mass is 10.1. The van der Waals surface area contributed by atoms with E-state index in [1.54, 1.807) is 0 Å². The van der Waals surface area contributed by atoms with Crippen LogP contribution in [-0.4, -0.2) is 62.2 Å². The molecule has 0 aliphatic carbocycles. The van der Waals surface area contributed by atoms with Crippen LogP contribution in [0.25, 0.3) is 0 Å². The van der Waals surface area contributed by atoms with Crippen molar-refractivity contribution in [3.63, 3.8) is 0 Å². The quantitative estimate of drug-likeness (QED) is 0.648. The van der Waals surface area contributed by atoms with E-state index >= 15 is 0 Å². The second-order valence-electron chi connectivity index (χ2n) is 4.86. The van der Waals surface area contributed by atoms with Gasteiger partial charge in [-0.15, -0.1) is 0 Å². The number of rotatable bonds is 9. The van der Waals surface area contributed by atoms with Gasteiger partial charge in [-0.1, -0.05) is 20.8 Å². The van der Waals surface area contributed by atoms with Crippen LogP contribution in [0.5, 0.6) is 0 Å². The summed E-state index contributed by atoms with van der Waals surface area (Å²) in [6.45, 7) is 13.5. The average Bonchev–Trinajstić information content (AvgIpc) is 2.22. The van der Waals surface area contributed by atoms with E-state index in [1.807, 2.05) is 0 Å². The molecular formula is C13H31N3. The van der Waals surface area contributed by atoms with Crippen LogP contribution in [-0.2, 0) is 0 Å². The normalized spacial score (nSPS) is 15.8. The Morgan fingerprint density at radius 2 is 1.69 bits per heavy atom. The van der Waals surface area contributed by atoms with Crippen molar-refractivity contribution in [3.8, 4) is 0 Å². The maximum absolute atomic E-state index is 3.55. The van der Waals surface area contributed by atoms with E-state index in [2.05, 4.69) is 56.9 Å². The highest BCUT2D eigenvalue weighted by Crippen LogP contribution is 2.03. The molecule has 3 heteroatoms. The van der Waals surface area contributed by atoms with Gasteiger partial charge in [0.05, 0.1) is 0 Å². The van der Waals surface area contributed by atoms with Gasteiger partial charge in [0.15, 0.2) is 0 Å². The average molecular weight is 229 g/mol. The Kier molecular flexibility index (Phi) is 8.90. The molecule has 1 N–H and O–H groups in total. The fraction of sp³-hybridized carbons (Fsp3) is 1.00. The number of hydrogen-bond donors (Lipinski definition) is 1. The van der Waals surface area contributed by atoms with Crippen molar-refractivity contribution in [2.45, 2.75) is 46.2 Å². The van der Waals surface area contributed by atoms with Gasteiger partial charge in [0, 0.05) is 25.2 Å². The number of nitrogens with zero attached hydrogens (tertiary/aromatic N) is 2. The van der Waals surface area contributed by atoms with Crippen LogP contribution in [0.15, 0.2) is 0 Å². The molecule has 0 rings (SSSR count). The second-order valence-corrected chi connectivity index (χ2v) is 4.86. The molecule has 0 fully saturated rings. The Balaban J connectivity index is 4.14. The van der Waals surface area contributed by atoms with Gasteiger partial charge in [0.25, 0.3) is 0 Å². The largest absolute Gasteiger partial charge is 0.313 e. The van der Waals surface area contributed by atoms with E-state index in [9.17, 15) is 0 Å². The smallest absolute Gasteiger partial charge is 0.0195 e. The van der Waals surface area contributed by atoms with E-state index in [0.29, 0.717) is 12.1 Å². The summed E-state index contributed by atoms with van der Waals surface area (Å²) in [4.78, 5) is 4.83. The molecule has 2 atom stereocenters. The van der Waals surface area contributed by atoms with E-state index in [0.717, 1.165) is 26.2 Å². The van der Waals surface area contributed by atoms with Crippen molar-refractivity contribution >= 4 is 0 Å². The Bertz CT molecular complexity index is 159. The van der Waals surface area contributed by atoms with Crippen molar-refractivity contribution in [1.29, 1.82) is 0 Å². The van der Waals surface area contributed by atoms with Gasteiger partial charge in [-0.05, 0) is 40.5 Å². The highest BCUT2D eigenvalue weighted by molar-refractivity contribution is 4.75. The summed E-state index contributed by atoms with van der Waals surface area (Å²) >= 11 is 0. The number of hydrogen-bond acceptors (Lipinski definition) is 3. The molecule has 0 radical (unpaired) electrons. The molecule has 0 aliphatic heterocycles. The minimum absolute atomic E-state index is 0.632. The van der Waals surface area contributed by atoms with Crippen LogP contribution in [0.1, 0.15) is 34.1 Å². The van der Waals surface area contributed by atoms with E-state index in [4.69, 9.17) is 0 Å². The molecule has 0 amide bonds. The maximum atomic E-state index is 3.55. The molecule has 0 saturated heterocycles. The molecule has 0 saturated carbocycles. The Hall–Kier alpha value is -0.120. The van der Waals surface area contributed by atoms with Crippen molar-refractivity contribution in [2.24, 2.45) is 0 Å². The summed E-state index contributed by atoms with van der Waals surface area (Å²) in [5, 5.41) is 3.55. The molecule has 0 bridgehead atoms. The first-order valence-corrected chi connectivity index (χ1v) is 6.67. The molecule has 0 heterocycles. The summed E-state index contributed by atoms with van der Waals surface area (Å²) in [6, 6.07) is 1.27. The predicted octanol–water partition coefficient (Wildman–Crippen LogP) is 1.65. The SMILES string of the molecule is CCNC(CC)CN(CC)C(C)CN(C)C. The van der Waals surface area contributed by atoms with Crippen LogP contribution in [0, 0.1) is 0 Å². The number of nitrogens with one attached hydrogen (secondary N) is 1. The molecule has 0 aromatic rings. The standard InChI is InChI=1S/C13H31N3/c1-7-13(14-8-2)11-16(9-3)12(4)10-15(5)6/h12-14H,7-11H2,1-6H3. The molecule has 0 aliphatic rings. The molecule has 0 aromatic carbocycles. The first-order valence-electron chi connectivity index (χ1n) is 6.67. The van der Waals surface area contributed by atoms with Crippen LogP contribution < -0.4 is 5.32 Å². The van der Waals surface area contributed by atoms with E-state index < -0.39 is 0 Å². The highest BCUT2D eigenvalue weighted by Gasteiger charge is 2.16. The Labute approximate surface area is 102 Å². The number of likely N-dealkylation sites (N-methyl/N-ethyl adjacent to an activating group) is 3. The fourth-order valence-electron chi connectivity index (χ4n) is 2.17. The Morgan fingerprint density at radius 1 is 1.06 bits per heavy atom. The minimum atomic E-state index is 0.632. The maximum Gasteiger partial charge on any atom is 0.0195 e. The van der Waals surface area contributed by atoms with Crippen LogP contribution in [0.4, 0.5) is 0 Å². The van der Waals surface area contributed by atoms with E-state index in [-0.39, 0.29) is 0 Å². The van der Waals surface area contributed by atoms with Gasteiger partial charge in [0.2, 0.25) is 0 Å². The van der Waals surface area contributed by atoms with Crippen LogP contribution in [0.3, 0.4) is 0 Å². The first kappa shape index (κ1) is 15.9.